The Morgan fingerprint density at radius 1 is 1.50 bits per heavy atom. The summed E-state index contributed by atoms with van der Waals surface area (Å²) in [6, 6.07) is 0.594. The first-order valence-electron chi connectivity index (χ1n) is 4.87. The van der Waals surface area contributed by atoms with E-state index in [9.17, 15) is 0 Å². The van der Waals surface area contributed by atoms with E-state index in [1.54, 1.807) is 11.3 Å². The summed E-state index contributed by atoms with van der Waals surface area (Å²) in [6.45, 7) is 5.30. The van der Waals surface area contributed by atoms with Gasteiger partial charge in [0.15, 0.2) is 0 Å². The molecular weight excluding hydrogens is 196 g/mol. The highest BCUT2D eigenvalue weighted by atomic mass is 32.1. The van der Waals surface area contributed by atoms with E-state index in [0.717, 1.165) is 23.1 Å². The Hall–Kier alpha value is -0.680. The van der Waals surface area contributed by atoms with Crippen LogP contribution in [0.1, 0.15) is 25.3 Å². The van der Waals surface area contributed by atoms with Gasteiger partial charge >= 0.3 is 0 Å². The second-order valence-corrected chi connectivity index (χ2v) is 4.49. The third-order valence-corrected chi connectivity index (χ3v) is 3.33. The first-order chi connectivity index (χ1) is 6.67. The molecule has 5 heteroatoms. The van der Waals surface area contributed by atoms with Gasteiger partial charge in [0.05, 0.1) is 6.54 Å². The van der Waals surface area contributed by atoms with Gasteiger partial charge in [-0.2, -0.15) is 0 Å². The molecule has 0 aliphatic carbocycles. The third kappa shape index (κ3) is 2.92. The van der Waals surface area contributed by atoms with Crippen LogP contribution in [-0.4, -0.2) is 35.2 Å². The molecule has 1 aromatic rings. The van der Waals surface area contributed by atoms with Crippen LogP contribution < -0.4 is 5.32 Å². The molecule has 1 unspecified atom stereocenters. The molecule has 0 aromatic carbocycles. The van der Waals surface area contributed by atoms with Crippen LogP contribution in [0.3, 0.4) is 0 Å². The fraction of sp³-hybridized carbons (Fsp3) is 0.778. The van der Waals surface area contributed by atoms with Crippen LogP contribution in [0.5, 0.6) is 0 Å². The van der Waals surface area contributed by atoms with Crippen molar-refractivity contribution in [3.63, 3.8) is 0 Å². The predicted molar refractivity (Wildman–Crippen MR) is 60.7 cm³/mol. The monoisotopic (exact) mass is 214 g/mol. The molecule has 1 aromatic heterocycles. The lowest BCUT2D eigenvalue weighted by molar-refractivity contribution is 0.243. The molecule has 4 nitrogen and oxygen atoms in total. The standard InChI is InChI=1S/C9H18N4S/c1-5-7(2)13(4)6-8-11-12-9(10-3)14-8/h7H,5-6H2,1-4H3,(H,10,12). The van der Waals surface area contributed by atoms with Crippen molar-refractivity contribution in [1.82, 2.24) is 15.1 Å². The highest BCUT2D eigenvalue weighted by molar-refractivity contribution is 7.15. The fourth-order valence-electron chi connectivity index (χ4n) is 1.10. The Morgan fingerprint density at radius 2 is 2.21 bits per heavy atom. The van der Waals surface area contributed by atoms with E-state index in [1.165, 1.54) is 0 Å². The van der Waals surface area contributed by atoms with Gasteiger partial charge < -0.3 is 5.32 Å². The summed E-state index contributed by atoms with van der Waals surface area (Å²) in [5, 5.41) is 13.1. The Balaban J connectivity index is 2.51. The molecule has 0 saturated carbocycles. The van der Waals surface area contributed by atoms with Crippen molar-refractivity contribution < 1.29 is 0 Å². The van der Waals surface area contributed by atoms with E-state index >= 15 is 0 Å². The van der Waals surface area contributed by atoms with E-state index < -0.39 is 0 Å². The van der Waals surface area contributed by atoms with Crippen molar-refractivity contribution in [2.24, 2.45) is 0 Å². The molecule has 80 valence electrons. The van der Waals surface area contributed by atoms with E-state index in [4.69, 9.17) is 0 Å². The molecule has 1 N–H and O–H groups in total. The van der Waals surface area contributed by atoms with Gasteiger partial charge in [0.2, 0.25) is 5.13 Å². The van der Waals surface area contributed by atoms with E-state index in [-0.39, 0.29) is 0 Å². The molecule has 1 rings (SSSR count). The van der Waals surface area contributed by atoms with Gasteiger partial charge in [-0.15, -0.1) is 10.2 Å². The minimum Gasteiger partial charge on any atom is -0.363 e. The normalized spacial score (nSPS) is 13.2. The zero-order chi connectivity index (χ0) is 10.6. The molecule has 0 bridgehead atoms. The van der Waals surface area contributed by atoms with Crippen LogP contribution in [-0.2, 0) is 6.54 Å². The van der Waals surface area contributed by atoms with Gasteiger partial charge in [0.25, 0.3) is 0 Å². The maximum atomic E-state index is 4.11. The van der Waals surface area contributed by atoms with Gasteiger partial charge in [-0.25, -0.2) is 0 Å². The van der Waals surface area contributed by atoms with Gasteiger partial charge in [-0.3, -0.25) is 4.90 Å². The van der Waals surface area contributed by atoms with E-state index in [0.29, 0.717) is 6.04 Å². The maximum absolute atomic E-state index is 4.11. The average Bonchev–Trinajstić information content (AvgIpc) is 2.64. The summed E-state index contributed by atoms with van der Waals surface area (Å²) < 4.78 is 0. The quantitative estimate of drug-likeness (QED) is 0.811. The summed E-state index contributed by atoms with van der Waals surface area (Å²) in [5.41, 5.74) is 0. The second kappa shape index (κ2) is 5.26. The number of hydrogen-bond donors (Lipinski definition) is 1. The number of anilines is 1. The van der Waals surface area contributed by atoms with Gasteiger partial charge in [0, 0.05) is 13.1 Å². The summed E-state index contributed by atoms with van der Waals surface area (Å²) in [4.78, 5) is 2.29. The van der Waals surface area contributed by atoms with Crippen LogP contribution in [0, 0.1) is 0 Å². The largest absolute Gasteiger partial charge is 0.363 e. The topological polar surface area (TPSA) is 41.1 Å². The second-order valence-electron chi connectivity index (χ2n) is 3.42. The van der Waals surface area contributed by atoms with Crippen molar-refractivity contribution in [2.75, 3.05) is 19.4 Å². The van der Waals surface area contributed by atoms with Crippen LogP contribution in [0.2, 0.25) is 0 Å². The Morgan fingerprint density at radius 3 is 2.71 bits per heavy atom. The molecular formula is C9H18N4S. The molecule has 0 aliphatic rings. The van der Waals surface area contributed by atoms with Crippen molar-refractivity contribution in [3.8, 4) is 0 Å². The van der Waals surface area contributed by atoms with Gasteiger partial charge in [0.1, 0.15) is 5.01 Å². The van der Waals surface area contributed by atoms with Crippen LogP contribution in [0.15, 0.2) is 0 Å². The first kappa shape index (κ1) is 11.4. The number of nitrogens with one attached hydrogen (secondary N) is 1. The summed E-state index contributed by atoms with van der Waals surface area (Å²) in [7, 11) is 3.98. The Kier molecular flexibility index (Phi) is 4.28. The highest BCUT2D eigenvalue weighted by Crippen LogP contribution is 2.16. The van der Waals surface area contributed by atoms with E-state index in [2.05, 4.69) is 41.3 Å². The third-order valence-electron chi connectivity index (χ3n) is 2.41. The molecule has 0 spiro atoms. The zero-order valence-electron chi connectivity index (χ0n) is 9.24. The van der Waals surface area contributed by atoms with Crippen molar-refractivity contribution in [3.05, 3.63) is 5.01 Å². The molecule has 0 aliphatic heterocycles. The van der Waals surface area contributed by atoms with Crippen LogP contribution >= 0.6 is 11.3 Å². The van der Waals surface area contributed by atoms with Crippen molar-refractivity contribution in [1.29, 1.82) is 0 Å². The SMILES string of the molecule is CCC(C)N(C)Cc1nnc(NC)s1. The molecule has 1 heterocycles. The summed E-state index contributed by atoms with van der Waals surface area (Å²) >= 11 is 1.61. The highest BCUT2D eigenvalue weighted by Gasteiger charge is 2.10. The Bertz CT molecular complexity index is 274. The minimum absolute atomic E-state index is 0.594. The number of aromatic nitrogens is 2. The lowest BCUT2D eigenvalue weighted by Gasteiger charge is -2.21. The lowest BCUT2D eigenvalue weighted by Crippen LogP contribution is -2.27. The minimum atomic E-state index is 0.594. The van der Waals surface area contributed by atoms with Crippen LogP contribution in [0.4, 0.5) is 5.13 Å². The molecule has 1 atom stereocenters. The predicted octanol–water partition coefficient (Wildman–Crippen LogP) is 1.81. The zero-order valence-corrected chi connectivity index (χ0v) is 10.1. The smallest absolute Gasteiger partial charge is 0.205 e. The molecule has 0 saturated heterocycles. The molecule has 14 heavy (non-hydrogen) atoms. The van der Waals surface area contributed by atoms with E-state index in [1.807, 2.05) is 7.05 Å². The number of rotatable bonds is 5. The van der Waals surface area contributed by atoms with Crippen LogP contribution in [0.25, 0.3) is 0 Å². The summed E-state index contributed by atoms with van der Waals surface area (Å²) in [5.74, 6) is 0. The van der Waals surface area contributed by atoms with Gasteiger partial charge in [-0.1, -0.05) is 18.3 Å². The average molecular weight is 214 g/mol. The number of hydrogen-bond acceptors (Lipinski definition) is 5. The molecule has 0 fully saturated rings. The lowest BCUT2D eigenvalue weighted by atomic mass is 10.2. The fourth-order valence-corrected chi connectivity index (χ4v) is 1.86. The van der Waals surface area contributed by atoms with Crippen molar-refractivity contribution >= 4 is 16.5 Å². The van der Waals surface area contributed by atoms with Crippen molar-refractivity contribution in [2.45, 2.75) is 32.9 Å². The summed E-state index contributed by atoms with van der Waals surface area (Å²) in [6.07, 6.45) is 1.16. The van der Waals surface area contributed by atoms with Gasteiger partial charge in [-0.05, 0) is 20.4 Å². The maximum Gasteiger partial charge on any atom is 0.205 e. The molecule has 0 amide bonds. The Labute approximate surface area is 89.3 Å². The number of nitrogens with zero attached hydrogens (tertiary/aromatic N) is 3. The first-order valence-corrected chi connectivity index (χ1v) is 5.69. The molecule has 0 radical (unpaired) electrons.